The molecule has 1 saturated heterocycles. The fourth-order valence-corrected chi connectivity index (χ4v) is 6.59. The minimum absolute atomic E-state index is 0.0661. The van der Waals surface area contributed by atoms with Gasteiger partial charge >= 0.3 is 0 Å². The van der Waals surface area contributed by atoms with Crippen molar-refractivity contribution in [3.8, 4) is 5.75 Å². The number of amides is 1. The van der Waals surface area contributed by atoms with Crippen LogP contribution in [0.2, 0.25) is 5.21 Å². The molecule has 5 nitrogen and oxygen atoms in total. The molecule has 3 aliphatic heterocycles. The number of likely N-dealkylation sites (tertiary alicyclic amines) is 1. The first kappa shape index (κ1) is 25.6. The molecule has 1 unspecified atom stereocenters. The molecule has 0 aliphatic carbocycles. The smallest absolute Gasteiger partial charge is 0.233 e. The first-order chi connectivity index (χ1) is 16.7. The van der Waals surface area contributed by atoms with Crippen LogP contribution in [-0.2, 0) is 4.79 Å². The van der Waals surface area contributed by atoms with E-state index < -0.39 is 10.7 Å². The predicted octanol–water partition coefficient (Wildman–Crippen LogP) is -5.02. The molecule has 2 aromatic carbocycles. The zero-order chi connectivity index (χ0) is 26.3. The van der Waals surface area contributed by atoms with E-state index in [0.29, 0.717) is 17.7 Å². The molecule has 14 heteroatoms. The summed E-state index contributed by atoms with van der Waals surface area (Å²) >= 11 is 0. The minimum Gasteiger partial charge on any atom is -0.506 e. The summed E-state index contributed by atoms with van der Waals surface area (Å²) in [5.74, 6) is 0.809. The van der Waals surface area contributed by atoms with Crippen LogP contribution in [0.1, 0.15) is 17.9 Å². The first-order valence-corrected chi connectivity index (χ1v) is 13.1. The Morgan fingerprint density at radius 3 is 2.36 bits per heavy atom. The van der Waals surface area contributed by atoms with Crippen molar-refractivity contribution in [1.29, 1.82) is 0 Å². The number of nitrogens with zero attached hydrogens (tertiary/aromatic N) is 2. The molecule has 1 amide bonds. The summed E-state index contributed by atoms with van der Waals surface area (Å²) in [7, 11) is 17.5. The number of para-hydroxylation sites is 1. The van der Waals surface area contributed by atoms with Crippen LogP contribution in [0.3, 0.4) is 0 Å². The lowest BCUT2D eigenvalue weighted by molar-refractivity contribution is -0.117. The van der Waals surface area contributed by atoms with Gasteiger partial charge < -0.3 is 19.9 Å². The molecule has 1 N–H and O–H groups in total. The second-order valence-electron chi connectivity index (χ2n) is 12.8. The van der Waals surface area contributed by atoms with Crippen molar-refractivity contribution < 1.29 is 13.9 Å². The van der Waals surface area contributed by atoms with Gasteiger partial charge in [0.05, 0.1) is 16.7 Å². The highest BCUT2D eigenvalue weighted by molar-refractivity contribution is 6.61. The van der Waals surface area contributed by atoms with Gasteiger partial charge in [-0.3, -0.25) is 4.79 Å². The van der Waals surface area contributed by atoms with Crippen LogP contribution in [0.15, 0.2) is 42.5 Å². The molecule has 0 saturated carbocycles. The molecule has 0 bridgehead atoms. The molecule has 5 rings (SSSR count). The van der Waals surface area contributed by atoms with E-state index in [-0.39, 0.29) is 22.3 Å². The van der Waals surface area contributed by atoms with Crippen LogP contribution in [0.4, 0.5) is 15.8 Å². The first-order valence-electron chi connectivity index (χ1n) is 13.1. The van der Waals surface area contributed by atoms with Crippen molar-refractivity contribution in [1.82, 2.24) is 4.90 Å². The largest absolute Gasteiger partial charge is 0.506 e. The topological polar surface area (TPSA) is 44.8 Å². The van der Waals surface area contributed by atoms with Gasteiger partial charge in [-0.15, -0.1) is 0 Å². The van der Waals surface area contributed by atoms with Crippen molar-refractivity contribution >= 4 is 80.1 Å². The Bertz CT molecular complexity index is 1210. The normalized spacial score (nSPS) is 23.5. The van der Waals surface area contributed by atoms with E-state index in [9.17, 15) is 9.18 Å². The lowest BCUT2D eigenvalue weighted by Gasteiger charge is -2.60. The van der Waals surface area contributed by atoms with E-state index in [2.05, 4.69) is 74.3 Å². The van der Waals surface area contributed by atoms with E-state index in [0.717, 1.165) is 25.2 Å². The van der Waals surface area contributed by atoms with Crippen LogP contribution >= 0.6 is 0 Å². The number of carbonyl (C=O) groups excluding carboxylic acids is 1. The van der Waals surface area contributed by atoms with Gasteiger partial charge in [0.25, 0.3) is 0 Å². The summed E-state index contributed by atoms with van der Waals surface area (Å²) in [6.07, 6.45) is 0.994. The second-order valence-corrected chi connectivity index (χ2v) is 12.8. The number of anilines is 2. The molecular formula is C22H32B8FN3O2. The average molecular weight is 476 g/mol. The molecule has 3 heterocycles. The van der Waals surface area contributed by atoms with Crippen molar-refractivity contribution in [3.05, 3.63) is 53.8 Å². The van der Waals surface area contributed by atoms with Crippen molar-refractivity contribution in [2.24, 2.45) is 0 Å². The summed E-state index contributed by atoms with van der Waals surface area (Å²) in [4.78, 5) is 18.0. The van der Waals surface area contributed by atoms with Crippen LogP contribution < -0.4 is 15.0 Å². The van der Waals surface area contributed by atoms with E-state index >= 15 is 0 Å². The van der Waals surface area contributed by atoms with E-state index in [1.807, 2.05) is 21.8 Å². The zero-order valence-electron chi connectivity index (χ0n) is 22.9. The Labute approximate surface area is 221 Å². The highest BCUT2D eigenvalue weighted by Crippen LogP contribution is 2.54. The van der Waals surface area contributed by atoms with Gasteiger partial charge in [0.15, 0.2) is 0 Å². The molecule has 36 heavy (non-hydrogen) atoms. The van der Waals surface area contributed by atoms with E-state index in [4.69, 9.17) is 4.74 Å². The molecule has 0 aromatic heterocycles. The molecule has 3 aliphatic rings. The third-order valence-corrected chi connectivity index (χ3v) is 10.0. The van der Waals surface area contributed by atoms with Crippen LogP contribution in [0, 0.1) is 5.82 Å². The summed E-state index contributed by atoms with van der Waals surface area (Å²) in [5.41, 5.74) is 3.48. The maximum Gasteiger partial charge on any atom is 0.233 e. The monoisotopic (exact) mass is 477 g/mol. The third kappa shape index (κ3) is 3.61. The van der Waals surface area contributed by atoms with Crippen molar-refractivity contribution in [3.63, 3.8) is 0 Å². The number of rotatable bonds is 5. The summed E-state index contributed by atoms with van der Waals surface area (Å²) in [5, 5.41) is 1.60. The number of fused-ring (bicyclic) bond motifs is 3. The Morgan fingerprint density at radius 1 is 1.03 bits per heavy atom. The van der Waals surface area contributed by atoms with E-state index in [1.165, 1.54) is 23.4 Å². The summed E-state index contributed by atoms with van der Waals surface area (Å²) in [6.45, 7) is 1.87. The molecular weight excluding hydrogens is 444 g/mol. The molecule has 1 fully saturated rings. The Hall–Kier alpha value is -2.08. The van der Waals surface area contributed by atoms with Crippen LogP contribution in [0.5, 0.6) is 5.75 Å². The molecule has 2 atom stereocenters. The number of hydrogen-bond acceptors (Lipinski definition) is 4. The van der Waals surface area contributed by atoms with Gasteiger partial charge in [-0.1, -0.05) is 17.3 Å². The number of hydrogen-bond donors (Lipinski definition) is 1. The number of ether oxygens (including phenoxy) is 1. The average Bonchev–Trinajstić information content (AvgIpc) is 3.15. The number of piperidine rings is 1. The molecule has 178 valence electrons. The van der Waals surface area contributed by atoms with Gasteiger partial charge in [0, 0.05) is 23.9 Å². The quantitative estimate of drug-likeness (QED) is 0.440. The molecule has 0 radical (unpaired) electrons. The highest BCUT2D eigenvalue weighted by atomic mass is 19.1. The standard InChI is InChI=1S/C22H32B8FN3O2/c23-19(24)18(35)32-15-3-1-2-13-14-10-33(9-8-16(14)34(19)17(13)15)21(27,28)20(25,26)22(29,30)36-12-6-4-11(31)5-7-12/h1-7,14,16H,8-10,23-30H2,(H,32,35)/t14-,16?/m0/s1. The fourth-order valence-electron chi connectivity index (χ4n) is 6.59. The zero-order valence-corrected chi connectivity index (χ0v) is 22.9. The maximum absolute atomic E-state index is 13.5. The lowest BCUT2D eigenvalue weighted by atomic mass is 9.23. The van der Waals surface area contributed by atoms with Gasteiger partial charge in [0.2, 0.25) is 5.91 Å². The lowest BCUT2D eigenvalue weighted by Crippen LogP contribution is -2.71. The Kier molecular flexibility index (Phi) is 5.83. The van der Waals surface area contributed by atoms with Crippen LogP contribution in [-0.4, -0.2) is 109 Å². The summed E-state index contributed by atoms with van der Waals surface area (Å²) in [6, 6.07) is 12.9. The number of nitrogens with one attached hydrogen (secondary N) is 1. The van der Waals surface area contributed by atoms with Crippen LogP contribution in [0.25, 0.3) is 0 Å². The SMILES string of the molecule is BC1(B)C(=O)Nc2cccc3c2N1C1CCN(C(B)(B)C(B)(B)C(B)(B)Oc2ccc(F)cc2)C[C@@H]31. The predicted molar refractivity (Wildman–Crippen MR) is 167 cm³/mol. The highest BCUT2D eigenvalue weighted by Gasteiger charge is 2.56. The molecule has 2 aromatic rings. The molecule has 0 spiro atoms. The Balaban J connectivity index is 1.44. The van der Waals surface area contributed by atoms with Gasteiger partial charge in [0.1, 0.15) is 74.3 Å². The van der Waals surface area contributed by atoms with Gasteiger partial charge in [-0.2, -0.15) is 0 Å². The summed E-state index contributed by atoms with van der Waals surface area (Å²) < 4.78 is 20.0. The number of benzene rings is 2. The number of carbonyl (C=O) groups is 1. The van der Waals surface area contributed by atoms with E-state index in [1.54, 1.807) is 12.1 Å². The fraction of sp³-hybridized carbons (Fsp3) is 0.409. The Morgan fingerprint density at radius 2 is 1.69 bits per heavy atom. The third-order valence-electron chi connectivity index (χ3n) is 10.0. The number of halogens is 1. The maximum atomic E-state index is 13.5. The van der Waals surface area contributed by atoms with Gasteiger partial charge in [-0.05, 0) is 54.2 Å². The van der Waals surface area contributed by atoms with Crippen molar-refractivity contribution in [2.45, 2.75) is 39.7 Å². The van der Waals surface area contributed by atoms with Gasteiger partial charge in [-0.25, -0.2) is 4.39 Å². The second kappa shape index (κ2) is 8.21. The van der Waals surface area contributed by atoms with Crippen molar-refractivity contribution in [2.75, 3.05) is 23.3 Å². The minimum atomic E-state index is -0.579.